The third-order valence-corrected chi connectivity index (χ3v) is 2.84. The molecule has 0 bridgehead atoms. The van der Waals surface area contributed by atoms with Crippen LogP contribution in [0.4, 0.5) is 11.4 Å². The van der Waals surface area contributed by atoms with Crippen LogP contribution in [0, 0.1) is 0 Å². The summed E-state index contributed by atoms with van der Waals surface area (Å²) in [6.45, 7) is 0. The third-order valence-electron chi connectivity index (χ3n) is 2.42. The van der Waals surface area contributed by atoms with Gasteiger partial charge in [-0.3, -0.25) is 4.79 Å². The second kappa shape index (κ2) is 5.27. The van der Waals surface area contributed by atoms with Gasteiger partial charge in [-0.2, -0.15) is 0 Å². The largest absolute Gasteiger partial charge is 0.444 e. The number of nitrogens with one attached hydrogen (secondary N) is 1. The lowest BCUT2D eigenvalue weighted by atomic mass is 10.2. The number of carbonyl (C=O) groups excluding carboxylic acids is 1. The van der Waals surface area contributed by atoms with Crippen molar-refractivity contribution in [3.63, 3.8) is 0 Å². The minimum absolute atomic E-state index is 0.267. The Kier molecular flexibility index (Phi) is 3.72. The number of anilines is 2. The van der Waals surface area contributed by atoms with Gasteiger partial charge in [0.1, 0.15) is 0 Å². The molecule has 1 N–H and O–H groups in total. The van der Waals surface area contributed by atoms with Crippen molar-refractivity contribution in [3.05, 3.63) is 46.8 Å². The van der Waals surface area contributed by atoms with Crippen molar-refractivity contribution in [3.8, 4) is 0 Å². The standard InChI is InChI=1S/C13H13BrN2O2/c1-16(2)10-5-3-4-9(8-10)15-13(17)11-6-7-12(14)18-11/h3-8H,1-2H3,(H,15,17). The van der Waals surface area contributed by atoms with Crippen molar-refractivity contribution >= 4 is 33.2 Å². The maximum atomic E-state index is 11.9. The molecule has 0 aliphatic heterocycles. The molecule has 1 heterocycles. The number of hydrogen-bond donors (Lipinski definition) is 1. The third kappa shape index (κ3) is 2.92. The summed E-state index contributed by atoms with van der Waals surface area (Å²) in [7, 11) is 3.90. The predicted octanol–water partition coefficient (Wildman–Crippen LogP) is 3.36. The van der Waals surface area contributed by atoms with Crippen LogP contribution in [0.1, 0.15) is 10.6 Å². The van der Waals surface area contributed by atoms with Gasteiger partial charge in [0.05, 0.1) is 0 Å². The Balaban J connectivity index is 2.14. The highest BCUT2D eigenvalue weighted by Gasteiger charge is 2.10. The van der Waals surface area contributed by atoms with Gasteiger partial charge in [0, 0.05) is 25.5 Å². The molecule has 5 heteroatoms. The Morgan fingerprint density at radius 2 is 2.06 bits per heavy atom. The quantitative estimate of drug-likeness (QED) is 0.945. The van der Waals surface area contributed by atoms with Gasteiger partial charge < -0.3 is 14.6 Å². The molecule has 2 rings (SSSR count). The number of furan rings is 1. The molecule has 0 aliphatic rings. The summed E-state index contributed by atoms with van der Waals surface area (Å²) >= 11 is 3.16. The molecule has 18 heavy (non-hydrogen) atoms. The molecule has 1 aromatic carbocycles. The zero-order valence-corrected chi connectivity index (χ0v) is 11.7. The monoisotopic (exact) mass is 308 g/mol. The Morgan fingerprint density at radius 3 is 2.67 bits per heavy atom. The number of hydrogen-bond acceptors (Lipinski definition) is 3. The van der Waals surface area contributed by atoms with Crippen LogP contribution in [0.5, 0.6) is 0 Å². The average molecular weight is 309 g/mol. The molecular formula is C13H13BrN2O2. The number of rotatable bonds is 3. The second-order valence-corrected chi connectivity index (χ2v) is 4.78. The van der Waals surface area contributed by atoms with Crippen LogP contribution in [0.2, 0.25) is 0 Å². The first kappa shape index (κ1) is 12.7. The van der Waals surface area contributed by atoms with Gasteiger partial charge in [0.2, 0.25) is 0 Å². The number of carbonyl (C=O) groups is 1. The van der Waals surface area contributed by atoms with E-state index in [1.165, 1.54) is 0 Å². The van der Waals surface area contributed by atoms with E-state index in [0.29, 0.717) is 4.67 Å². The fraction of sp³-hybridized carbons (Fsp3) is 0.154. The average Bonchev–Trinajstić information content (AvgIpc) is 2.76. The van der Waals surface area contributed by atoms with E-state index in [1.54, 1.807) is 12.1 Å². The van der Waals surface area contributed by atoms with E-state index in [4.69, 9.17) is 4.42 Å². The Labute approximate surface area is 114 Å². The van der Waals surface area contributed by atoms with Crippen molar-refractivity contribution in [1.82, 2.24) is 0 Å². The van der Waals surface area contributed by atoms with Gasteiger partial charge in [-0.15, -0.1) is 0 Å². The Hall–Kier alpha value is -1.75. The summed E-state index contributed by atoms with van der Waals surface area (Å²) in [5, 5.41) is 2.79. The van der Waals surface area contributed by atoms with E-state index >= 15 is 0 Å². The Morgan fingerprint density at radius 1 is 1.28 bits per heavy atom. The highest BCUT2D eigenvalue weighted by Crippen LogP contribution is 2.19. The molecule has 2 aromatic rings. The van der Waals surface area contributed by atoms with Crippen LogP contribution >= 0.6 is 15.9 Å². The van der Waals surface area contributed by atoms with Crippen molar-refractivity contribution in [2.45, 2.75) is 0 Å². The first-order valence-electron chi connectivity index (χ1n) is 5.40. The number of benzene rings is 1. The van der Waals surface area contributed by atoms with E-state index < -0.39 is 0 Å². The first-order valence-corrected chi connectivity index (χ1v) is 6.19. The summed E-state index contributed by atoms with van der Waals surface area (Å²) in [4.78, 5) is 13.8. The van der Waals surface area contributed by atoms with E-state index in [0.717, 1.165) is 11.4 Å². The van der Waals surface area contributed by atoms with Crippen LogP contribution in [0.25, 0.3) is 0 Å². The molecule has 0 atom stereocenters. The molecule has 0 unspecified atom stereocenters. The number of nitrogens with zero attached hydrogens (tertiary/aromatic N) is 1. The summed E-state index contributed by atoms with van der Waals surface area (Å²) in [6.07, 6.45) is 0. The van der Waals surface area contributed by atoms with Crippen LogP contribution < -0.4 is 10.2 Å². The number of amides is 1. The fourth-order valence-electron chi connectivity index (χ4n) is 1.49. The maximum absolute atomic E-state index is 11.9. The molecule has 1 aromatic heterocycles. The second-order valence-electron chi connectivity index (χ2n) is 4.00. The van der Waals surface area contributed by atoms with E-state index in [1.807, 2.05) is 43.3 Å². The topological polar surface area (TPSA) is 45.5 Å². The van der Waals surface area contributed by atoms with Gasteiger partial charge >= 0.3 is 0 Å². The molecule has 0 fully saturated rings. The molecule has 0 saturated heterocycles. The molecule has 4 nitrogen and oxygen atoms in total. The molecule has 0 radical (unpaired) electrons. The summed E-state index contributed by atoms with van der Waals surface area (Å²) < 4.78 is 5.73. The highest BCUT2D eigenvalue weighted by atomic mass is 79.9. The van der Waals surface area contributed by atoms with E-state index in [2.05, 4.69) is 21.2 Å². The normalized spacial score (nSPS) is 10.2. The zero-order chi connectivity index (χ0) is 13.1. The van der Waals surface area contributed by atoms with E-state index in [-0.39, 0.29) is 11.7 Å². The maximum Gasteiger partial charge on any atom is 0.291 e. The lowest BCUT2D eigenvalue weighted by molar-refractivity contribution is 0.0995. The molecule has 94 valence electrons. The fourth-order valence-corrected chi connectivity index (χ4v) is 1.80. The Bertz CT molecular complexity index is 564. The van der Waals surface area contributed by atoms with Crippen LogP contribution in [0.3, 0.4) is 0 Å². The minimum atomic E-state index is -0.267. The smallest absolute Gasteiger partial charge is 0.291 e. The SMILES string of the molecule is CN(C)c1cccc(NC(=O)c2ccc(Br)o2)c1. The van der Waals surface area contributed by atoms with Crippen molar-refractivity contribution in [2.75, 3.05) is 24.3 Å². The molecule has 0 saturated carbocycles. The summed E-state index contributed by atoms with van der Waals surface area (Å²) in [6, 6.07) is 10.9. The van der Waals surface area contributed by atoms with Crippen LogP contribution in [-0.2, 0) is 0 Å². The molecule has 0 aliphatic carbocycles. The molecule has 0 spiro atoms. The lowest BCUT2D eigenvalue weighted by Gasteiger charge is -2.13. The van der Waals surface area contributed by atoms with Crippen molar-refractivity contribution < 1.29 is 9.21 Å². The lowest BCUT2D eigenvalue weighted by Crippen LogP contribution is -2.12. The first-order chi connectivity index (χ1) is 8.56. The van der Waals surface area contributed by atoms with Gasteiger partial charge in [-0.25, -0.2) is 0 Å². The predicted molar refractivity (Wildman–Crippen MR) is 75.1 cm³/mol. The van der Waals surface area contributed by atoms with Gasteiger partial charge in [-0.1, -0.05) is 6.07 Å². The molecule has 1 amide bonds. The van der Waals surface area contributed by atoms with Crippen molar-refractivity contribution in [1.29, 1.82) is 0 Å². The van der Waals surface area contributed by atoms with Gasteiger partial charge in [-0.05, 0) is 46.3 Å². The molecular weight excluding hydrogens is 296 g/mol. The van der Waals surface area contributed by atoms with Crippen LogP contribution in [0.15, 0.2) is 45.5 Å². The van der Waals surface area contributed by atoms with E-state index in [9.17, 15) is 4.79 Å². The summed E-state index contributed by atoms with van der Waals surface area (Å²) in [5.74, 6) is 0.00809. The number of halogens is 1. The van der Waals surface area contributed by atoms with Gasteiger partial charge in [0.15, 0.2) is 10.4 Å². The summed E-state index contributed by atoms with van der Waals surface area (Å²) in [5.41, 5.74) is 1.76. The minimum Gasteiger partial charge on any atom is -0.444 e. The highest BCUT2D eigenvalue weighted by molar-refractivity contribution is 9.10. The zero-order valence-electron chi connectivity index (χ0n) is 10.1. The van der Waals surface area contributed by atoms with Gasteiger partial charge in [0.25, 0.3) is 5.91 Å². The van der Waals surface area contributed by atoms with Crippen molar-refractivity contribution in [2.24, 2.45) is 0 Å². The van der Waals surface area contributed by atoms with Crippen LogP contribution in [-0.4, -0.2) is 20.0 Å².